The Morgan fingerprint density at radius 3 is 1.25 bits per heavy atom. The highest BCUT2D eigenvalue weighted by Gasteiger charge is 2.59. The van der Waals surface area contributed by atoms with Gasteiger partial charge in [0.25, 0.3) is 0 Å². The van der Waals surface area contributed by atoms with Gasteiger partial charge >= 0.3 is 0 Å². The molecule has 0 aromatic rings. The van der Waals surface area contributed by atoms with E-state index in [0.29, 0.717) is 0 Å². The SMILES string of the molecule is C1CCC2C(C1)C1CC3CC4CCC(N4)C4C5CCCCC5C5CC(CC6CCC(N6)C2C1N3)NC54. The van der Waals surface area contributed by atoms with Gasteiger partial charge in [-0.2, -0.15) is 0 Å². The fourth-order valence-corrected chi connectivity index (χ4v) is 13.3. The molecule has 4 aliphatic carbocycles. The molecular formula is C32H52N4. The summed E-state index contributed by atoms with van der Waals surface area (Å²) in [5.74, 6) is 7.88. The van der Waals surface area contributed by atoms with E-state index in [1.54, 1.807) is 0 Å². The van der Waals surface area contributed by atoms with Crippen molar-refractivity contribution in [1.82, 2.24) is 21.3 Å². The third-order valence-corrected chi connectivity index (χ3v) is 14.2. The van der Waals surface area contributed by atoms with E-state index in [2.05, 4.69) is 21.3 Å². The molecule has 4 saturated carbocycles. The number of fused-ring (bicyclic) bond motifs is 14. The average Bonchev–Trinajstić information content (AvgIpc) is 3.70. The number of nitrogens with one attached hydrogen (secondary N) is 4. The average molecular weight is 493 g/mol. The summed E-state index contributed by atoms with van der Waals surface area (Å²) in [4.78, 5) is 0. The number of hydrogen-bond donors (Lipinski definition) is 4. The van der Waals surface area contributed by atoms with Crippen LogP contribution >= 0.6 is 0 Å². The molecule has 0 aromatic heterocycles. The molecule has 36 heavy (non-hydrogen) atoms. The Balaban J connectivity index is 1.03. The normalized spacial score (nSPS) is 61.3. The molecule has 0 amide bonds. The maximum Gasteiger partial charge on any atom is 0.0147 e. The van der Waals surface area contributed by atoms with E-state index >= 15 is 0 Å². The van der Waals surface area contributed by atoms with E-state index < -0.39 is 0 Å². The Labute approximate surface area is 219 Å². The lowest BCUT2D eigenvalue weighted by atomic mass is 9.73. The number of rotatable bonds is 0. The summed E-state index contributed by atoms with van der Waals surface area (Å²) in [6.45, 7) is 0. The summed E-state index contributed by atoms with van der Waals surface area (Å²) in [5.41, 5.74) is 0. The van der Waals surface area contributed by atoms with Gasteiger partial charge in [0, 0.05) is 48.3 Å². The molecule has 9 aliphatic rings. The first-order valence-corrected chi connectivity index (χ1v) is 16.8. The Kier molecular flexibility index (Phi) is 5.45. The van der Waals surface area contributed by atoms with Gasteiger partial charge in [-0.1, -0.05) is 25.7 Å². The quantitative estimate of drug-likeness (QED) is 0.400. The van der Waals surface area contributed by atoms with Crippen LogP contribution in [0.4, 0.5) is 0 Å². The smallest absolute Gasteiger partial charge is 0.0147 e. The van der Waals surface area contributed by atoms with Gasteiger partial charge in [-0.25, -0.2) is 0 Å². The van der Waals surface area contributed by atoms with Crippen LogP contribution < -0.4 is 21.3 Å². The van der Waals surface area contributed by atoms with Crippen LogP contribution in [0.15, 0.2) is 0 Å². The van der Waals surface area contributed by atoms with Crippen molar-refractivity contribution < 1.29 is 0 Å². The molecule has 4 heteroatoms. The van der Waals surface area contributed by atoms with Crippen LogP contribution in [0.1, 0.15) is 103 Å². The molecule has 0 spiro atoms. The summed E-state index contributed by atoms with van der Waals surface area (Å²) >= 11 is 0. The molecule has 0 radical (unpaired) electrons. The molecule has 5 heterocycles. The van der Waals surface area contributed by atoms with Crippen LogP contribution in [0.2, 0.25) is 0 Å². The van der Waals surface area contributed by atoms with Crippen molar-refractivity contribution in [3.05, 3.63) is 0 Å². The van der Waals surface area contributed by atoms with Crippen molar-refractivity contribution in [1.29, 1.82) is 0 Å². The third kappa shape index (κ3) is 3.38. The van der Waals surface area contributed by atoms with Gasteiger partial charge in [-0.05, 0) is 124 Å². The van der Waals surface area contributed by atoms with Gasteiger partial charge in [0.1, 0.15) is 0 Å². The van der Waals surface area contributed by atoms with Crippen LogP contribution in [0.25, 0.3) is 0 Å². The minimum absolute atomic E-state index is 0.770. The molecule has 16 atom stereocenters. The van der Waals surface area contributed by atoms with Crippen LogP contribution in [0, 0.1) is 47.3 Å². The Morgan fingerprint density at radius 1 is 0.333 bits per heavy atom. The summed E-state index contributed by atoms with van der Waals surface area (Å²) in [7, 11) is 0. The van der Waals surface area contributed by atoms with E-state index in [1.165, 1.54) is 103 Å². The second-order valence-corrected chi connectivity index (χ2v) is 15.5. The fourth-order valence-electron chi connectivity index (χ4n) is 13.3. The minimum atomic E-state index is 0.770. The van der Waals surface area contributed by atoms with Gasteiger partial charge in [-0.15, -0.1) is 0 Å². The molecule has 5 saturated heterocycles. The van der Waals surface area contributed by atoms with Crippen LogP contribution in [-0.4, -0.2) is 48.3 Å². The molecule has 4 N–H and O–H groups in total. The second-order valence-electron chi connectivity index (χ2n) is 15.5. The second kappa shape index (κ2) is 8.67. The first-order valence-electron chi connectivity index (χ1n) is 16.8. The summed E-state index contributed by atoms with van der Waals surface area (Å²) in [5, 5.41) is 17.4. The molecule has 200 valence electrons. The highest BCUT2D eigenvalue weighted by atomic mass is 15.1. The van der Waals surface area contributed by atoms with Crippen molar-refractivity contribution in [3.63, 3.8) is 0 Å². The van der Waals surface area contributed by atoms with Gasteiger partial charge in [0.2, 0.25) is 0 Å². The zero-order valence-electron chi connectivity index (χ0n) is 22.6. The monoisotopic (exact) mass is 492 g/mol. The standard InChI is InChI=1S/C32H52N4/c1-3-7-23-21(5-1)25-15-19-13-17-10-12-28(34-17)30-24-8-4-2-6-22(24)26-16-20(36-32(26)30)14-18-9-11-27(33-18)29(23)31(25)35-19/h17-36H,1-16H2. The van der Waals surface area contributed by atoms with E-state index in [-0.39, 0.29) is 0 Å². The Morgan fingerprint density at radius 2 is 0.778 bits per heavy atom. The minimum Gasteiger partial charge on any atom is -0.311 e. The van der Waals surface area contributed by atoms with Crippen LogP contribution in [0.3, 0.4) is 0 Å². The summed E-state index contributed by atoms with van der Waals surface area (Å²) in [6.07, 6.45) is 23.7. The van der Waals surface area contributed by atoms with Crippen LogP contribution in [-0.2, 0) is 0 Å². The molecular weight excluding hydrogens is 440 g/mol. The largest absolute Gasteiger partial charge is 0.311 e. The molecule has 9 rings (SSSR count). The molecule has 4 nitrogen and oxygen atoms in total. The van der Waals surface area contributed by atoms with Gasteiger partial charge in [-0.3, -0.25) is 0 Å². The lowest BCUT2D eigenvalue weighted by Gasteiger charge is -2.37. The molecule has 0 aromatic carbocycles. The Hall–Kier alpha value is -0.160. The van der Waals surface area contributed by atoms with Crippen molar-refractivity contribution in [2.24, 2.45) is 47.3 Å². The van der Waals surface area contributed by atoms with Gasteiger partial charge in [0.05, 0.1) is 0 Å². The molecule has 5 aliphatic heterocycles. The van der Waals surface area contributed by atoms with Crippen molar-refractivity contribution in [2.45, 2.75) is 151 Å². The van der Waals surface area contributed by atoms with E-state index in [1.807, 2.05) is 0 Å². The maximum atomic E-state index is 4.37. The van der Waals surface area contributed by atoms with Crippen molar-refractivity contribution >= 4 is 0 Å². The highest BCUT2D eigenvalue weighted by Crippen LogP contribution is 2.57. The summed E-state index contributed by atoms with van der Waals surface area (Å²) < 4.78 is 0. The van der Waals surface area contributed by atoms with Crippen molar-refractivity contribution in [3.8, 4) is 0 Å². The third-order valence-electron chi connectivity index (χ3n) is 14.2. The molecule has 8 bridgehead atoms. The predicted octanol–water partition coefficient (Wildman–Crippen LogP) is 4.59. The Bertz CT molecular complexity index is 778. The first-order chi connectivity index (χ1) is 17.8. The predicted molar refractivity (Wildman–Crippen MR) is 145 cm³/mol. The number of hydrogen-bond acceptors (Lipinski definition) is 4. The topological polar surface area (TPSA) is 48.1 Å². The summed E-state index contributed by atoms with van der Waals surface area (Å²) in [6, 6.07) is 6.31. The lowest BCUT2D eigenvalue weighted by molar-refractivity contribution is 0.159. The highest BCUT2D eigenvalue weighted by molar-refractivity contribution is 5.15. The van der Waals surface area contributed by atoms with Gasteiger partial charge < -0.3 is 21.3 Å². The molecule has 9 fully saturated rings. The first kappa shape index (κ1) is 22.6. The van der Waals surface area contributed by atoms with Crippen LogP contribution in [0.5, 0.6) is 0 Å². The van der Waals surface area contributed by atoms with E-state index in [0.717, 1.165) is 95.7 Å². The van der Waals surface area contributed by atoms with Crippen molar-refractivity contribution in [2.75, 3.05) is 0 Å². The van der Waals surface area contributed by atoms with E-state index in [4.69, 9.17) is 0 Å². The zero-order chi connectivity index (χ0) is 23.4. The fraction of sp³-hybridized carbons (Fsp3) is 1.00. The van der Waals surface area contributed by atoms with E-state index in [9.17, 15) is 0 Å². The lowest BCUT2D eigenvalue weighted by Crippen LogP contribution is -2.50. The molecule has 16 unspecified atom stereocenters. The maximum absolute atomic E-state index is 4.37. The van der Waals surface area contributed by atoms with Gasteiger partial charge in [0.15, 0.2) is 0 Å². The zero-order valence-corrected chi connectivity index (χ0v) is 22.6.